The summed E-state index contributed by atoms with van der Waals surface area (Å²) in [6.07, 6.45) is 9.88. The van der Waals surface area contributed by atoms with Crippen molar-refractivity contribution >= 4 is 27.4 Å². The van der Waals surface area contributed by atoms with Gasteiger partial charge in [0.05, 0.1) is 18.1 Å². The van der Waals surface area contributed by atoms with Gasteiger partial charge in [-0.3, -0.25) is 0 Å². The Morgan fingerprint density at radius 3 is 2.38 bits per heavy atom. The number of benzene rings is 4. The highest BCUT2D eigenvalue weighted by Gasteiger charge is 2.17. The molecule has 34 heavy (non-hydrogen) atoms. The van der Waals surface area contributed by atoms with Gasteiger partial charge in [0, 0.05) is 28.1 Å². The lowest BCUT2D eigenvalue weighted by Gasteiger charge is -2.14. The Labute approximate surface area is 200 Å². The molecule has 0 spiro atoms. The Hall–Kier alpha value is -4.04. The summed E-state index contributed by atoms with van der Waals surface area (Å²) in [5.74, 6) is 0.912. The molecule has 0 bridgehead atoms. The Bertz CT molecular complexity index is 1550. The third-order valence-corrected chi connectivity index (χ3v) is 6.72. The fourth-order valence-corrected chi connectivity index (χ4v) is 5.12. The normalized spacial score (nSPS) is 13.4. The molecule has 1 heterocycles. The number of rotatable bonds is 5. The third-order valence-electron chi connectivity index (χ3n) is 6.72. The van der Waals surface area contributed by atoms with Gasteiger partial charge >= 0.3 is 0 Å². The van der Waals surface area contributed by atoms with Crippen LogP contribution in [0.5, 0.6) is 5.75 Å². The fourth-order valence-electron chi connectivity index (χ4n) is 5.12. The fraction of sp³-hybridized carbons (Fsp3) is 0.125. The summed E-state index contributed by atoms with van der Waals surface area (Å²) in [5, 5.41) is 2.51. The third kappa shape index (κ3) is 3.62. The molecule has 0 radical (unpaired) electrons. The molecule has 1 aliphatic rings. The molecule has 0 aliphatic heterocycles. The van der Waals surface area contributed by atoms with E-state index in [4.69, 9.17) is 4.74 Å². The summed E-state index contributed by atoms with van der Waals surface area (Å²) in [4.78, 5) is 0. The molecule has 1 aliphatic carbocycles. The Morgan fingerprint density at radius 2 is 1.56 bits per heavy atom. The molecule has 0 amide bonds. The highest BCUT2D eigenvalue weighted by Crippen LogP contribution is 2.39. The number of hydrogen-bond acceptors (Lipinski definition) is 1. The number of aromatic nitrogens is 1. The Kier molecular flexibility index (Phi) is 5.27. The van der Waals surface area contributed by atoms with Gasteiger partial charge in [-0.25, -0.2) is 0 Å². The van der Waals surface area contributed by atoms with Crippen LogP contribution in [-0.2, 0) is 6.42 Å². The number of nitrogens with zero attached hydrogens (tertiary/aromatic N) is 1. The number of para-hydroxylation sites is 1. The zero-order chi connectivity index (χ0) is 22.9. The topological polar surface area (TPSA) is 14.2 Å². The van der Waals surface area contributed by atoms with Crippen LogP contribution >= 0.6 is 0 Å². The van der Waals surface area contributed by atoms with Gasteiger partial charge in [-0.1, -0.05) is 78.9 Å². The van der Waals surface area contributed by atoms with Crippen LogP contribution in [0.15, 0.2) is 109 Å². The van der Waals surface area contributed by atoms with Gasteiger partial charge in [-0.15, -0.1) is 0 Å². The number of allylic oxidation sites excluding steroid dienone is 4. The number of hydrogen-bond donors (Lipinski definition) is 0. The quantitative estimate of drug-likeness (QED) is 0.269. The lowest BCUT2D eigenvalue weighted by molar-refractivity contribution is 0.414. The van der Waals surface area contributed by atoms with Crippen molar-refractivity contribution in [2.24, 2.45) is 0 Å². The second-order valence-corrected chi connectivity index (χ2v) is 8.89. The van der Waals surface area contributed by atoms with Crippen LogP contribution in [0.1, 0.15) is 29.5 Å². The largest absolute Gasteiger partial charge is 0.496 e. The minimum Gasteiger partial charge on any atom is -0.496 e. The zero-order valence-corrected chi connectivity index (χ0v) is 19.4. The second kappa shape index (κ2) is 8.72. The lowest BCUT2D eigenvalue weighted by atomic mass is 9.97. The van der Waals surface area contributed by atoms with Gasteiger partial charge in [-0.05, 0) is 60.2 Å². The van der Waals surface area contributed by atoms with E-state index in [1.54, 1.807) is 7.11 Å². The van der Waals surface area contributed by atoms with E-state index in [0.717, 1.165) is 30.6 Å². The van der Waals surface area contributed by atoms with Crippen molar-refractivity contribution in [3.8, 4) is 11.4 Å². The minimum absolute atomic E-state index is 0.912. The molecular weight excluding hydrogens is 414 g/mol. The van der Waals surface area contributed by atoms with Gasteiger partial charge in [0.25, 0.3) is 0 Å². The average molecular weight is 442 g/mol. The highest BCUT2D eigenvalue weighted by atomic mass is 16.5. The monoisotopic (exact) mass is 441 g/mol. The van der Waals surface area contributed by atoms with Crippen molar-refractivity contribution in [1.82, 2.24) is 4.57 Å². The van der Waals surface area contributed by atoms with Crippen LogP contribution in [0.3, 0.4) is 0 Å². The van der Waals surface area contributed by atoms with Gasteiger partial charge in [0.2, 0.25) is 0 Å². The maximum Gasteiger partial charge on any atom is 0.128 e. The van der Waals surface area contributed by atoms with Gasteiger partial charge in [0.1, 0.15) is 5.75 Å². The average Bonchev–Trinajstić information content (AvgIpc) is 3.22. The van der Waals surface area contributed by atoms with Crippen LogP contribution in [0.2, 0.25) is 0 Å². The number of fused-ring (bicyclic) bond motifs is 3. The molecule has 5 aromatic rings. The Morgan fingerprint density at radius 1 is 0.735 bits per heavy atom. The standard InChI is InChI=1S/C32H27NO/c1-34-32-22-31-29(21-28(32)25-14-6-3-7-15-25)27-17-8-9-18-30(27)33(31)26-16-10-13-24(20-26)19-23-11-4-2-5-12-23/h2,4-6,8-18,20-22H,3,7,19H2,1H3. The van der Waals surface area contributed by atoms with E-state index in [2.05, 4.69) is 114 Å². The van der Waals surface area contributed by atoms with Gasteiger partial charge in [-0.2, -0.15) is 0 Å². The van der Waals surface area contributed by atoms with Gasteiger partial charge < -0.3 is 9.30 Å². The minimum atomic E-state index is 0.912. The van der Waals surface area contributed by atoms with Crippen LogP contribution in [0, 0.1) is 0 Å². The molecule has 0 atom stereocenters. The smallest absolute Gasteiger partial charge is 0.128 e. The first-order chi connectivity index (χ1) is 16.8. The van der Waals surface area contributed by atoms with Crippen molar-refractivity contribution in [3.05, 3.63) is 126 Å². The maximum absolute atomic E-state index is 5.91. The summed E-state index contributed by atoms with van der Waals surface area (Å²) < 4.78 is 8.28. The zero-order valence-electron chi connectivity index (χ0n) is 19.4. The van der Waals surface area contributed by atoms with Crippen LogP contribution in [0.4, 0.5) is 0 Å². The summed E-state index contributed by atoms with van der Waals surface area (Å²) >= 11 is 0. The lowest BCUT2D eigenvalue weighted by Crippen LogP contribution is -1.98. The second-order valence-electron chi connectivity index (χ2n) is 8.89. The van der Waals surface area contributed by atoms with E-state index >= 15 is 0 Å². The molecule has 2 heteroatoms. The summed E-state index contributed by atoms with van der Waals surface area (Å²) in [6, 6.07) is 32.7. The van der Waals surface area contributed by atoms with Crippen molar-refractivity contribution < 1.29 is 4.74 Å². The van der Waals surface area contributed by atoms with Crippen molar-refractivity contribution in [3.63, 3.8) is 0 Å². The predicted octanol–water partition coefficient (Wildman–Crippen LogP) is 8.12. The van der Waals surface area contributed by atoms with Crippen molar-refractivity contribution in [2.75, 3.05) is 7.11 Å². The predicted molar refractivity (Wildman–Crippen MR) is 143 cm³/mol. The van der Waals surface area contributed by atoms with E-state index in [1.807, 2.05) is 0 Å². The molecule has 4 aromatic carbocycles. The van der Waals surface area contributed by atoms with E-state index in [1.165, 1.54) is 44.2 Å². The molecule has 2 nitrogen and oxygen atoms in total. The summed E-state index contributed by atoms with van der Waals surface area (Å²) in [5.41, 5.74) is 8.57. The van der Waals surface area contributed by atoms with E-state index < -0.39 is 0 Å². The molecule has 166 valence electrons. The molecule has 0 saturated heterocycles. The van der Waals surface area contributed by atoms with E-state index in [-0.39, 0.29) is 0 Å². The van der Waals surface area contributed by atoms with E-state index in [9.17, 15) is 0 Å². The first kappa shape index (κ1) is 20.6. The molecule has 0 N–H and O–H groups in total. The molecular formula is C32H27NO. The van der Waals surface area contributed by atoms with Crippen LogP contribution in [0.25, 0.3) is 33.1 Å². The van der Waals surface area contributed by atoms with Crippen LogP contribution in [-0.4, -0.2) is 11.7 Å². The molecule has 6 rings (SSSR count). The number of methoxy groups -OCH3 is 1. The Balaban J connectivity index is 1.56. The van der Waals surface area contributed by atoms with Crippen molar-refractivity contribution in [2.45, 2.75) is 19.3 Å². The summed E-state index contributed by atoms with van der Waals surface area (Å²) in [6.45, 7) is 0. The molecule has 0 unspecified atom stereocenters. The first-order valence-electron chi connectivity index (χ1n) is 11.9. The van der Waals surface area contributed by atoms with Gasteiger partial charge in [0.15, 0.2) is 0 Å². The molecule has 0 fully saturated rings. The van der Waals surface area contributed by atoms with Crippen LogP contribution < -0.4 is 4.74 Å². The number of ether oxygens (including phenoxy) is 1. The first-order valence-corrected chi connectivity index (χ1v) is 11.9. The highest BCUT2D eigenvalue weighted by molar-refractivity contribution is 6.11. The van der Waals surface area contributed by atoms with Crippen molar-refractivity contribution in [1.29, 1.82) is 0 Å². The van der Waals surface area contributed by atoms with E-state index in [0.29, 0.717) is 0 Å². The SMILES string of the molecule is COc1cc2c(cc1C1=CCCC=C1)c1ccccc1n2-c1cccc(Cc2ccccc2)c1. The molecule has 0 saturated carbocycles. The molecule has 1 aromatic heterocycles. The summed E-state index contributed by atoms with van der Waals surface area (Å²) in [7, 11) is 1.77. The maximum atomic E-state index is 5.91.